The molecule has 0 bridgehead atoms. The number of rotatable bonds is 3. The predicted molar refractivity (Wildman–Crippen MR) is 77.7 cm³/mol. The molecule has 4 heteroatoms. The summed E-state index contributed by atoms with van der Waals surface area (Å²) in [6, 6.07) is 10.1. The van der Waals surface area contributed by atoms with Crippen molar-refractivity contribution in [2.75, 3.05) is 5.73 Å². The summed E-state index contributed by atoms with van der Waals surface area (Å²) in [5.74, 6) is 1.03. The summed E-state index contributed by atoms with van der Waals surface area (Å²) in [5, 5.41) is 2.08. The molecule has 0 saturated heterocycles. The molecule has 92 valence electrons. The van der Waals surface area contributed by atoms with Crippen LogP contribution in [-0.2, 0) is 6.54 Å². The zero-order chi connectivity index (χ0) is 12.5. The summed E-state index contributed by atoms with van der Waals surface area (Å²) >= 11 is 1.71. The quantitative estimate of drug-likeness (QED) is 0.726. The van der Waals surface area contributed by atoms with Gasteiger partial charge >= 0.3 is 0 Å². The molecule has 1 aromatic carbocycles. The Bertz CT molecular complexity index is 668. The van der Waals surface area contributed by atoms with Gasteiger partial charge in [-0.25, -0.2) is 4.98 Å². The molecule has 3 aromatic rings. The van der Waals surface area contributed by atoms with E-state index in [1.165, 1.54) is 4.88 Å². The third-order valence-corrected chi connectivity index (χ3v) is 3.86. The number of para-hydroxylation sites is 1. The van der Waals surface area contributed by atoms with Crippen LogP contribution < -0.4 is 5.73 Å². The number of hydrogen-bond acceptors (Lipinski definition) is 3. The monoisotopic (exact) mass is 257 g/mol. The van der Waals surface area contributed by atoms with Crippen LogP contribution in [0.3, 0.4) is 0 Å². The van der Waals surface area contributed by atoms with Crippen LogP contribution in [-0.4, -0.2) is 9.55 Å². The number of nitrogens with two attached hydrogens (primary N) is 1. The highest BCUT2D eigenvalue weighted by Crippen LogP contribution is 2.30. The van der Waals surface area contributed by atoms with Gasteiger partial charge in [-0.05, 0) is 30.0 Å². The second-order valence-electron chi connectivity index (χ2n) is 4.28. The van der Waals surface area contributed by atoms with Crippen LogP contribution in [0.25, 0.3) is 21.7 Å². The van der Waals surface area contributed by atoms with Gasteiger partial charge in [0, 0.05) is 6.54 Å². The van der Waals surface area contributed by atoms with Gasteiger partial charge < -0.3 is 10.3 Å². The van der Waals surface area contributed by atoms with E-state index in [-0.39, 0.29) is 0 Å². The highest BCUT2D eigenvalue weighted by atomic mass is 32.1. The third-order valence-electron chi connectivity index (χ3n) is 3.00. The van der Waals surface area contributed by atoms with Crippen molar-refractivity contribution in [2.45, 2.75) is 19.9 Å². The second-order valence-corrected chi connectivity index (χ2v) is 5.23. The highest BCUT2D eigenvalue weighted by Gasteiger charge is 2.13. The van der Waals surface area contributed by atoms with Crippen LogP contribution >= 0.6 is 11.3 Å². The lowest BCUT2D eigenvalue weighted by Gasteiger charge is -2.05. The molecule has 2 N–H and O–H groups in total. The van der Waals surface area contributed by atoms with E-state index in [0.29, 0.717) is 0 Å². The molecule has 3 rings (SSSR count). The number of hydrogen-bond donors (Lipinski definition) is 1. The zero-order valence-corrected chi connectivity index (χ0v) is 11.1. The molecule has 0 unspecified atom stereocenters. The lowest BCUT2D eigenvalue weighted by Crippen LogP contribution is -1.98. The first kappa shape index (κ1) is 11.3. The first-order chi connectivity index (χ1) is 8.81. The standard InChI is InChI=1S/C14H15N3S/c1-2-8-17-11-6-3-5-10(15)13(11)16-14(17)12-7-4-9-18-12/h3-7,9H,2,8,15H2,1H3. The SMILES string of the molecule is CCCn1c(-c2cccs2)nc2c(N)cccc21. The molecule has 0 aliphatic rings. The molecule has 3 nitrogen and oxygen atoms in total. The van der Waals surface area contributed by atoms with Gasteiger partial charge in [0.05, 0.1) is 16.1 Å². The normalized spacial score (nSPS) is 11.2. The second kappa shape index (κ2) is 4.46. The van der Waals surface area contributed by atoms with E-state index >= 15 is 0 Å². The molecule has 0 fully saturated rings. The number of nitrogen functional groups attached to an aromatic ring is 1. The molecule has 18 heavy (non-hydrogen) atoms. The van der Waals surface area contributed by atoms with Crippen LogP contribution in [0, 0.1) is 0 Å². The minimum atomic E-state index is 0.750. The molecule has 0 spiro atoms. The fraction of sp³-hybridized carbons (Fsp3) is 0.214. The lowest BCUT2D eigenvalue weighted by atomic mass is 10.2. The van der Waals surface area contributed by atoms with Crippen LogP contribution in [0.1, 0.15) is 13.3 Å². The Balaban J connectivity index is 2.30. The molecule has 2 aromatic heterocycles. The zero-order valence-electron chi connectivity index (χ0n) is 10.3. The van der Waals surface area contributed by atoms with E-state index in [0.717, 1.165) is 35.5 Å². The first-order valence-electron chi connectivity index (χ1n) is 6.10. The Morgan fingerprint density at radius 2 is 2.17 bits per heavy atom. The Labute approximate surface area is 110 Å². The van der Waals surface area contributed by atoms with Crippen molar-refractivity contribution in [3.63, 3.8) is 0 Å². The van der Waals surface area contributed by atoms with Gasteiger partial charge in [0.15, 0.2) is 5.82 Å². The van der Waals surface area contributed by atoms with Crippen LogP contribution in [0.5, 0.6) is 0 Å². The summed E-state index contributed by atoms with van der Waals surface area (Å²) in [7, 11) is 0. The summed E-state index contributed by atoms with van der Waals surface area (Å²) in [4.78, 5) is 5.92. The van der Waals surface area contributed by atoms with Gasteiger partial charge in [0.2, 0.25) is 0 Å². The summed E-state index contributed by atoms with van der Waals surface area (Å²) < 4.78 is 2.26. The maximum atomic E-state index is 6.02. The van der Waals surface area contributed by atoms with Crippen LogP contribution in [0.15, 0.2) is 35.7 Å². The number of benzene rings is 1. The Hall–Kier alpha value is -1.81. The molecule has 0 radical (unpaired) electrons. The Morgan fingerprint density at radius 3 is 2.89 bits per heavy atom. The van der Waals surface area contributed by atoms with Crippen molar-refractivity contribution in [1.82, 2.24) is 9.55 Å². The van der Waals surface area contributed by atoms with E-state index in [1.54, 1.807) is 11.3 Å². The van der Waals surface area contributed by atoms with Crippen molar-refractivity contribution in [2.24, 2.45) is 0 Å². The largest absolute Gasteiger partial charge is 0.397 e. The third kappa shape index (κ3) is 1.69. The van der Waals surface area contributed by atoms with Crippen LogP contribution in [0.2, 0.25) is 0 Å². The molecule has 0 aliphatic carbocycles. The maximum absolute atomic E-state index is 6.02. The van der Waals surface area contributed by atoms with E-state index < -0.39 is 0 Å². The van der Waals surface area contributed by atoms with Gasteiger partial charge in [0.1, 0.15) is 5.52 Å². The maximum Gasteiger partial charge on any atom is 0.151 e. The number of anilines is 1. The average Bonchev–Trinajstić information content (AvgIpc) is 2.98. The van der Waals surface area contributed by atoms with Crippen molar-refractivity contribution in [1.29, 1.82) is 0 Å². The van der Waals surface area contributed by atoms with Crippen molar-refractivity contribution >= 4 is 28.1 Å². The molecule has 2 heterocycles. The number of aromatic nitrogens is 2. The molecular weight excluding hydrogens is 242 g/mol. The summed E-state index contributed by atoms with van der Waals surface area (Å²) in [6.45, 7) is 3.14. The number of aryl methyl sites for hydroxylation is 1. The van der Waals surface area contributed by atoms with Crippen molar-refractivity contribution in [3.8, 4) is 10.7 Å². The van der Waals surface area contributed by atoms with E-state index in [4.69, 9.17) is 10.7 Å². The van der Waals surface area contributed by atoms with Crippen molar-refractivity contribution in [3.05, 3.63) is 35.7 Å². The lowest BCUT2D eigenvalue weighted by molar-refractivity contribution is 0.705. The fourth-order valence-corrected chi connectivity index (χ4v) is 2.93. The molecule has 0 atom stereocenters. The Morgan fingerprint density at radius 1 is 1.28 bits per heavy atom. The topological polar surface area (TPSA) is 43.8 Å². The van der Waals surface area contributed by atoms with Gasteiger partial charge in [-0.3, -0.25) is 0 Å². The molecule has 0 amide bonds. The Kier molecular flexibility index (Phi) is 2.80. The van der Waals surface area contributed by atoms with Gasteiger partial charge in [0.25, 0.3) is 0 Å². The average molecular weight is 257 g/mol. The van der Waals surface area contributed by atoms with E-state index in [9.17, 15) is 0 Å². The summed E-state index contributed by atoms with van der Waals surface area (Å²) in [5.41, 5.74) is 8.80. The molecule has 0 aliphatic heterocycles. The first-order valence-corrected chi connectivity index (χ1v) is 6.98. The molecular formula is C14H15N3S. The smallest absolute Gasteiger partial charge is 0.151 e. The highest BCUT2D eigenvalue weighted by molar-refractivity contribution is 7.13. The van der Waals surface area contributed by atoms with Crippen LogP contribution in [0.4, 0.5) is 5.69 Å². The van der Waals surface area contributed by atoms with Gasteiger partial charge in [-0.15, -0.1) is 11.3 Å². The van der Waals surface area contributed by atoms with Gasteiger partial charge in [-0.1, -0.05) is 19.1 Å². The predicted octanol–water partition coefficient (Wildman–Crippen LogP) is 3.76. The minimum absolute atomic E-state index is 0.750. The summed E-state index contributed by atoms with van der Waals surface area (Å²) in [6.07, 6.45) is 1.08. The minimum Gasteiger partial charge on any atom is -0.397 e. The number of thiophene rings is 1. The molecule has 0 saturated carbocycles. The van der Waals surface area contributed by atoms with Crippen molar-refractivity contribution < 1.29 is 0 Å². The van der Waals surface area contributed by atoms with E-state index in [1.807, 2.05) is 12.1 Å². The number of imidazole rings is 1. The number of nitrogens with zero attached hydrogens (tertiary/aromatic N) is 2. The van der Waals surface area contributed by atoms with E-state index in [2.05, 4.69) is 35.1 Å². The number of fused-ring (bicyclic) bond motifs is 1. The fourth-order valence-electron chi connectivity index (χ4n) is 2.21. The van der Waals surface area contributed by atoms with Gasteiger partial charge in [-0.2, -0.15) is 0 Å².